The summed E-state index contributed by atoms with van der Waals surface area (Å²) in [5.41, 5.74) is 1.45. The number of H-pyrrole nitrogens is 1. The number of nitrogens with one attached hydrogen (secondary N) is 3. The summed E-state index contributed by atoms with van der Waals surface area (Å²) in [5, 5.41) is 5.63. The number of aryl methyl sites for hydroxylation is 1. The molecule has 7 aromatic rings. The van der Waals surface area contributed by atoms with Gasteiger partial charge < -0.3 is 33.9 Å². The SMILES string of the molecule is C=CP(=O)(CC1C[C@H](n2cnc3c(NC(=O)c4ccccc4)ncnc32)O[C@@H]1CC)OC[C@H]1O[C@@H](n2cnc3c(NC(=O)c4ccccc4)ncnc32)C[C@@H]1OP(=O)(C=C)OC[C@H]1O[C@@H](n2cc(C)c(=O)[nH]c2=O)C[C@@H]1C. The Morgan fingerprint density at radius 3 is 1.84 bits per heavy atom. The lowest BCUT2D eigenvalue weighted by molar-refractivity contribution is -0.0412. The quantitative estimate of drug-likeness (QED) is 0.0615. The monoisotopic (exact) mass is 1090 g/mol. The molecule has 10 rings (SSSR count). The van der Waals surface area contributed by atoms with Gasteiger partial charge in [0.05, 0.1) is 38.1 Å². The molecule has 0 aliphatic carbocycles. The second kappa shape index (κ2) is 22.4. The van der Waals surface area contributed by atoms with Gasteiger partial charge in [-0.05, 0) is 68.1 Å². The van der Waals surface area contributed by atoms with Crippen LogP contribution >= 0.6 is 15.0 Å². The van der Waals surface area contributed by atoms with E-state index in [2.05, 4.69) is 58.7 Å². The molecule has 0 spiro atoms. The topological polar surface area (TPSA) is 290 Å². The molecule has 3 fully saturated rings. The zero-order chi connectivity index (χ0) is 54.0. The maximum atomic E-state index is 14.9. The smallest absolute Gasteiger partial charge is 0.354 e. The number of fused-ring (bicyclic) bond motifs is 2. The van der Waals surface area contributed by atoms with Crippen LogP contribution in [0.25, 0.3) is 22.3 Å². The van der Waals surface area contributed by atoms with E-state index in [1.807, 2.05) is 19.9 Å². The van der Waals surface area contributed by atoms with Crippen molar-refractivity contribution in [2.24, 2.45) is 11.8 Å². The Balaban J connectivity index is 0.860. The number of ether oxygens (including phenoxy) is 3. The molecular formula is C51H56N12O12P2. The van der Waals surface area contributed by atoms with Gasteiger partial charge in [-0.15, -0.1) is 0 Å². The molecule has 3 N–H and O–H groups in total. The first-order valence-electron chi connectivity index (χ1n) is 24.9. The summed E-state index contributed by atoms with van der Waals surface area (Å²) in [6, 6.07) is 17.4. The largest absolute Gasteiger partial charge is 0.354 e. The molecule has 3 saturated heterocycles. The third-order valence-corrected chi connectivity index (χ3v) is 17.6. The van der Waals surface area contributed by atoms with Crippen molar-refractivity contribution in [2.75, 3.05) is 30.0 Å². The molecule has 3 aliphatic rings. The van der Waals surface area contributed by atoms with Crippen molar-refractivity contribution in [2.45, 2.75) is 89.6 Å². The molecule has 5 aromatic heterocycles. The molecule has 2 aromatic carbocycles. The number of anilines is 2. The van der Waals surface area contributed by atoms with Gasteiger partial charge >= 0.3 is 13.3 Å². The number of carbonyl (C=O) groups excluding carboxylic acids is 2. The summed E-state index contributed by atoms with van der Waals surface area (Å²) in [6.07, 6.45) is 3.39. The van der Waals surface area contributed by atoms with Crippen molar-refractivity contribution in [3.05, 3.63) is 154 Å². The molecule has 11 atom stereocenters. The third kappa shape index (κ3) is 11.3. The van der Waals surface area contributed by atoms with Crippen LogP contribution in [-0.4, -0.2) is 104 Å². The summed E-state index contributed by atoms with van der Waals surface area (Å²) in [7, 11) is -7.87. The molecule has 402 valence electrons. The van der Waals surface area contributed by atoms with Gasteiger partial charge in [0.15, 0.2) is 34.0 Å². The van der Waals surface area contributed by atoms with Crippen molar-refractivity contribution in [3.63, 3.8) is 0 Å². The summed E-state index contributed by atoms with van der Waals surface area (Å²) >= 11 is 0. The van der Waals surface area contributed by atoms with Gasteiger partial charge in [0, 0.05) is 41.3 Å². The molecule has 3 unspecified atom stereocenters. The van der Waals surface area contributed by atoms with E-state index >= 15 is 0 Å². The van der Waals surface area contributed by atoms with Crippen molar-refractivity contribution in [1.82, 2.24) is 48.6 Å². The Bertz CT molecular complexity index is 3560. The van der Waals surface area contributed by atoms with Gasteiger partial charge in [-0.3, -0.25) is 46.7 Å². The number of aromatic amines is 1. The van der Waals surface area contributed by atoms with E-state index in [0.717, 1.165) is 5.82 Å². The van der Waals surface area contributed by atoms with Crippen LogP contribution in [-0.2, 0) is 36.9 Å². The summed E-state index contributed by atoms with van der Waals surface area (Å²) in [4.78, 5) is 79.9. The van der Waals surface area contributed by atoms with Gasteiger partial charge in [0.25, 0.3) is 17.4 Å². The van der Waals surface area contributed by atoms with Gasteiger partial charge in [-0.2, -0.15) is 0 Å². The van der Waals surface area contributed by atoms with Crippen LogP contribution in [0.2, 0.25) is 0 Å². The second-order valence-corrected chi connectivity index (χ2v) is 23.4. The highest BCUT2D eigenvalue weighted by molar-refractivity contribution is 7.62. The Morgan fingerprint density at radius 1 is 0.727 bits per heavy atom. The number of imidazole rings is 2. The molecular weight excluding hydrogens is 1030 g/mol. The van der Waals surface area contributed by atoms with Gasteiger partial charge in [0.1, 0.15) is 43.5 Å². The van der Waals surface area contributed by atoms with E-state index in [1.54, 1.807) is 77.0 Å². The van der Waals surface area contributed by atoms with Crippen LogP contribution in [0.1, 0.15) is 84.5 Å². The molecule has 77 heavy (non-hydrogen) atoms. The van der Waals surface area contributed by atoms with E-state index in [0.29, 0.717) is 52.8 Å². The average Bonchev–Trinajstić information content (AvgIpc) is 4.32. The Kier molecular flexibility index (Phi) is 15.5. The maximum Gasteiger partial charge on any atom is 0.354 e. The molecule has 8 heterocycles. The van der Waals surface area contributed by atoms with E-state index in [9.17, 15) is 28.3 Å². The van der Waals surface area contributed by atoms with E-state index in [-0.39, 0.29) is 66.8 Å². The number of hydrogen-bond acceptors (Lipinski definition) is 18. The van der Waals surface area contributed by atoms with Crippen molar-refractivity contribution in [1.29, 1.82) is 0 Å². The number of amides is 2. The summed E-state index contributed by atoms with van der Waals surface area (Å²) in [5.74, 6) is 1.57. The highest BCUT2D eigenvalue weighted by Crippen LogP contribution is 2.56. The van der Waals surface area contributed by atoms with Crippen molar-refractivity contribution < 1.29 is 46.5 Å². The van der Waals surface area contributed by atoms with Crippen LogP contribution in [0.5, 0.6) is 0 Å². The minimum atomic E-state index is -4.18. The number of carbonyl (C=O) groups is 2. The predicted molar refractivity (Wildman–Crippen MR) is 281 cm³/mol. The zero-order valence-corrected chi connectivity index (χ0v) is 44.0. The van der Waals surface area contributed by atoms with Crippen LogP contribution in [0, 0.1) is 18.8 Å². The molecule has 26 heteroatoms. The standard InChI is InChI=1S/C51H56N12O12P2/c1-6-35-34(20-40(72-35)62-28-56-42-44(52-26-54-46(42)62)58-49(65)32-15-11-9-12-16-32)25-76(68,7-2)70-24-38-36(75-77(69,8-3)71-23-37-30(4)19-39(73-37)61-22-31(5)48(64)60-51(61)67)21-41(74-38)63-29-57-43-45(53-27-55-47(43)63)59-50(66)33-17-13-10-14-18-33/h7-18,22,26-30,34-41H,2-3,6,19-21,23-25H2,1,4-5H3,(H,60,64,67)(H,52,54,58,65)(H,53,55,59,66)/t30-,34?,35+,36-,37+,38+,39+,40+,41+,76?,77?/m0/s1. The second-order valence-electron chi connectivity index (χ2n) is 19.0. The number of rotatable bonds is 20. The molecule has 0 saturated carbocycles. The average molecular weight is 1090 g/mol. The first-order valence-corrected chi connectivity index (χ1v) is 28.4. The first-order chi connectivity index (χ1) is 37.1. The Hall–Kier alpha value is -7.14. The van der Waals surface area contributed by atoms with Crippen molar-refractivity contribution >= 4 is 60.7 Å². The Labute approximate surface area is 440 Å². The lowest BCUT2D eigenvalue weighted by atomic mass is 10.0. The van der Waals surface area contributed by atoms with Gasteiger partial charge in [-0.1, -0.05) is 63.4 Å². The van der Waals surface area contributed by atoms with E-state index < -0.39 is 69.1 Å². The highest BCUT2D eigenvalue weighted by atomic mass is 31.2. The van der Waals surface area contributed by atoms with Crippen molar-refractivity contribution in [3.8, 4) is 0 Å². The lowest BCUT2D eigenvalue weighted by Crippen LogP contribution is -2.33. The number of aromatic nitrogens is 10. The maximum absolute atomic E-state index is 14.9. The van der Waals surface area contributed by atoms with Gasteiger partial charge in [0.2, 0.25) is 7.37 Å². The molecule has 24 nitrogen and oxygen atoms in total. The zero-order valence-electron chi connectivity index (χ0n) is 42.2. The number of benzene rings is 2. The summed E-state index contributed by atoms with van der Waals surface area (Å²) in [6.45, 7) is 12.6. The van der Waals surface area contributed by atoms with Crippen LogP contribution < -0.4 is 21.9 Å². The molecule has 0 radical (unpaired) electrons. The van der Waals surface area contributed by atoms with Crippen LogP contribution in [0.15, 0.2) is 127 Å². The number of nitrogens with zero attached hydrogens (tertiary/aromatic N) is 9. The van der Waals surface area contributed by atoms with Gasteiger partial charge in [-0.25, -0.2) is 34.7 Å². The summed E-state index contributed by atoms with van der Waals surface area (Å²) < 4.78 is 72.3. The number of hydrogen-bond donors (Lipinski definition) is 3. The third-order valence-electron chi connectivity index (χ3n) is 14.0. The molecule has 0 bridgehead atoms. The minimum absolute atomic E-state index is 0.0395. The fourth-order valence-electron chi connectivity index (χ4n) is 9.80. The van der Waals surface area contributed by atoms with E-state index in [1.165, 1.54) is 35.6 Å². The highest BCUT2D eigenvalue weighted by Gasteiger charge is 2.45. The fourth-order valence-corrected chi connectivity index (χ4v) is 12.8. The Morgan fingerprint density at radius 2 is 1.27 bits per heavy atom. The normalized spacial score (nSPS) is 24.8. The molecule has 3 aliphatic heterocycles. The van der Waals surface area contributed by atoms with Crippen LogP contribution in [0.3, 0.4) is 0 Å². The molecule has 2 amide bonds. The van der Waals surface area contributed by atoms with Crippen LogP contribution in [0.4, 0.5) is 11.6 Å². The predicted octanol–water partition coefficient (Wildman–Crippen LogP) is 7.73. The lowest BCUT2D eigenvalue weighted by Gasteiger charge is -2.26. The minimum Gasteiger partial charge on any atom is -0.354 e. The van der Waals surface area contributed by atoms with E-state index in [4.69, 9.17) is 27.8 Å². The fraction of sp³-hybridized carbons (Fsp3) is 0.373. The first kappa shape index (κ1) is 53.3.